The fourth-order valence-corrected chi connectivity index (χ4v) is 1.63. The van der Waals surface area contributed by atoms with E-state index < -0.39 is 11.2 Å². The van der Waals surface area contributed by atoms with Gasteiger partial charge in [-0.05, 0) is 46.2 Å². The highest BCUT2D eigenvalue weighted by Crippen LogP contribution is 2.26. The molecule has 0 radical (unpaired) electrons. The maximum Gasteiger partial charge on any atom is 0.311 e. The summed E-state index contributed by atoms with van der Waals surface area (Å²) < 4.78 is 28.9. The largest absolute Gasteiger partial charge is 0.494 e. The predicted molar refractivity (Wildman–Crippen MR) is 78.1 cm³/mol. The predicted octanol–water partition coefficient (Wildman–Crippen LogP) is 3.58. The van der Waals surface area contributed by atoms with Crippen molar-refractivity contribution < 1.29 is 23.4 Å². The third-order valence-corrected chi connectivity index (χ3v) is 3.01. The van der Waals surface area contributed by atoms with Crippen molar-refractivity contribution in [2.24, 2.45) is 5.41 Å². The monoisotopic (exact) mass is 298 g/mol. The van der Waals surface area contributed by atoms with Crippen LogP contribution in [0.2, 0.25) is 0 Å². The highest BCUT2D eigenvalue weighted by Gasteiger charge is 2.30. The van der Waals surface area contributed by atoms with Crippen molar-refractivity contribution in [2.45, 2.75) is 40.2 Å². The molecule has 0 aliphatic carbocycles. The van der Waals surface area contributed by atoms with Gasteiger partial charge in [0.1, 0.15) is 5.75 Å². The number of carbonyl (C=O) groups excluding carboxylic acids is 1. The van der Waals surface area contributed by atoms with Gasteiger partial charge in [-0.2, -0.15) is 0 Å². The molecule has 1 aromatic carbocycles. The normalized spacial score (nSPS) is 11.4. The van der Waals surface area contributed by atoms with E-state index in [2.05, 4.69) is 0 Å². The minimum atomic E-state index is -0.631. The van der Waals surface area contributed by atoms with E-state index in [0.29, 0.717) is 18.8 Å². The molecule has 0 aliphatic rings. The van der Waals surface area contributed by atoms with E-state index in [4.69, 9.17) is 14.2 Å². The van der Waals surface area contributed by atoms with Crippen LogP contribution in [0.5, 0.6) is 11.5 Å². The van der Waals surface area contributed by atoms with Crippen LogP contribution in [0.25, 0.3) is 0 Å². The maximum atomic E-state index is 13.3. The van der Waals surface area contributed by atoms with Gasteiger partial charge in [0.05, 0.1) is 25.2 Å². The fourth-order valence-electron chi connectivity index (χ4n) is 1.63. The molecule has 0 N–H and O–H groups in total. The van der Waals surface area contributed by atoms with Crippen LogP contribution in [0.4, 0.5) is 4.39 Å². The first-order chi connectivity index (χ1) is 9.76. The van der Waals surface area contributed by atoms with Crippen molar-refractivity contribution in [3.8, 4) is 11.5 Å². The Morgan fingerprint density at radius 1 is 1.33 bits per heavy atom. The Morgan fingerprint density at radius 3 is 2.57 bits per heavy atom. The van der Waals surface area contributed by atoms with Gasteiger partial charge in [0, 0.05) is 6.07 Å². The van der Waals surface area contributed by atoms with Crippen LogP contribution in [-0.2, 0) is 9.53 Å². The number of ether oxygens (including phenoxy) is 3. The van der Waals surface area contributed by atoms with Gasteiger partial charge in [-0.15, -0.1) is 0 Å². The number of esters is 1. The Morgan fingerprint density at radius 2 is 2.00 bits per heavy atom. The van der Waals surface area contributed by atoms with Gasteiger partial charge < -0.3 is 14.2 Å². The van der Waals surface area contributed by atoms with Gasteiger partial charge in [0.25, 0.3) is 0 Å². The van der Waals surface area contributed by atoms with Crippen LogP contribution < -0.4 is 9.47 Å². The first kappa shape index (κ1) is 17.3. The average molecular weight is 298 g/mol. The lowest BCUT2D eigenvalue weighted by atomic mass is 9.90. The summed E-state index contributed by atoms with van der Waals surface area (Å²) in [6, 6.07) is 4.29. The molecule has 118 valence electrons. The summed E-state index contributed by atoms with van der Waals surface area (Å²) in [5, 5.41) is 0. The van der Waals surface area contributed by atoms with Crippen LogP contribution in [-0.4, -0.2) is 25.8 Å². The molecule has 0 spiro atoms. The molecule has 5 heteroatoms. The van der Waals surface area contributed by atoms with Crippen molar-refractivity contribution in [2.75, 3.05) is 13.7 Å². The number of benzene rings is 1. The number of halogens is 1. The molecular formula is C16H23FO4. The van der Waals surface area contributed by atoms with Crippen molar-refractivity contribution >= 4 is 5.97 Å². The second kappa shape index (κ2) is 7.29. The minimum Gasteiger partial charge on any atom is -0.494 e. The van der Waals surface area contributed by atoms with Crippen LogP contribution in [0.1, 0.15) is 34.1 Å². The third kappa shape index (κ3) is 5.25. The summed E-state index contributed by atoms with van der Waals surface area (Å²) in [6.45, 7) is 7.58. The second-order valence-corrected chi connectivity index (χ2v) is 5.73. The SMILES string of the molecule is COc1cc(OCCC(C)(C)C(=O)OC(C)C)ccc1F. The van der Waals surface area contributed by atoms with Crippen molar-refractivity contribution in [1.82, 2.24) is 0 Å². The standard InChI is InChI=1S/C16H23FO4/c1-11(2)21-15(18)16(3,4)8-9-20-12-6-7-13(17)14(10-12)19-5/h6-7,10-11H,8-9H2,1-5H3. The molecule has 0 aliphatic heterocycles. The van der Waals surface area contributed by atoms with Crippen LogP contribution in [0.15, 0.2) is 18.2 Å². The molecule has 0 saturated carbocycles. The summed E-state index contributed by atoms with van der Waals surface area (Å²) in [6.07, 6.45) is 0.358. The molecule has 0 atom stereocenters. The molecule has 1 rings (SSSR count). The Labute approximate surface area is 125 Å². The van der Waals surface area contributed by atoms with Gasteiger partial charge in [0.2, 0.25) is 0 Å². The Balaban J connectivity index is 2.54. The third-order valence-electron chi connectivity index (χ3n) is 3.01. The summed E-state index contributed by atoms with van der Waals surface area (Å²) in [5.74, 6) is -0.0595. The highest BCUT2D eigenvalue weighted by atomic mass is 19.1. The van der Waals surface area contributed by atoms with E-state index in [1.807, 2.05) is 27.7 Å². The van der Waals surface area contributed by atoms with E-state index in [0.717, 1.165) is 0 Å². The second-order valence-electron chi connectivity index (χ2n) is 5.73. The zero-order chi connectivity index (χ0) is 16.0. The number of hydrogen-bond acceptors (Lipinski definition) is 4. The highest BCUT2D eigenvalue weighted by molar-refractivity contribution is 5.76. The number of carbonyl (C=O) groups is 1. The van der Waals surface area contributed by atoms with E-state index >= 15 is 0 Å². The summed E-state index contributed by atoms with van der Waals surface area (Å²) in [5.41, 5.74) is -0.631. The van der Waals surface area contributed by atoms with Crippen LogP contribution in [0.3, 0.4) is 0 Å². The summed E-state index contributed by atoms with van der Waals surface area (Å²) in [7, 11) is 1.40. The molecule has 0 bridgehead atoms. The fraction of sp³-hybridized carbons (Fsp3) is 0.562. The quantitative estimate of drug-likeness (QED) is 0.722. The van der Waals surface area contributed by atoms with Gasteiger partial charge >= 0.3 is 5.97 Å². The number of rotatable bonds is 7. The molecule has 0 saturated heterocycles. The maximum absolute atomic E-state index is 13.3. The minimum absolute atomic E-state index is 0.131. The van der Waals surface area contributed by atoms with E-state index in [1.165, 1.54) is 25.3 Å². The van der Waals surface area contributed by atoms with Gasteiger partial charge in [-0.1, -0.05) is 0 Å². The van der Waals surface area contributed by atoms with E-state index in [-0.39, 0.29) is 17.8 Å². The molecule has 4 nitrogen and oxygen atoms in total. The van der Waals surface area contributed by atoms with Crippen LogP contribution >= 0.6 is 0 Å². The first-order valence-corrected chi connectivity index (χ1v) is 6.93. The van der Waals surface area contributed by atoms with Crippen molar-refractivity contribution in [3.63, 3.8) is 0 Å². The lowest BCUT2D eigenvalue weighted by molar-refractivity contribution is -0.158. The molecule has 0 amide bonds. The lowest BCUT2D eigenvalue weighted by Gasteiger charge is -2.24. The molecule has 1 aromatic rings. The zero-order valence-corrected chi connectivity index (χ0v) is 13.2. The Kier molecular flexibility index (Phi) is 6.00. The lowest BCUT2D eigenvalue weighted by Crippen LogP contribution is -2.30. The average Bonchev–Trinajstić information content (AvgIpc) is 2.39. The first-order valence-electron chi connectivity index (χ1n) is 6.93. The topological polar surface area (TPSA) is 44.8 Å². The Hall–Kier alpha value is -1.78. The smallest absolute Gasteiger partial charge is 0.311 e. The molecule has 0 unspecified atom stereocenters. The van der Waals surface area contributed by atoms with Gasteiger partial charge in [0.15, 0.2) is 11.6 Å². The zero-order valence-electron chi connectivity index (χ0n) is 13.2. The molecule has 0 aromatic heterocycles. The molecule has 21 heavy (non-hydrogen) atoms. The Bertz CT molecular complexity index is 483. The van der Waals surface area contributed by atoms with E-state index in [9.17, 15) is 9.18 Å². The van der Waals surface area contributed by atoms with Crippen LogP contribution in [0, 0.1) is 11.2 Å². The molecule has 0 fully saturated rings. The number of hydrogen-bond donors (Lipinski definition) is 0. The summed E-state index contributed by atoms with van der Waals surface area (Å²) >= 11 is 0. The summed E-state index contributed by atoms with van der Waals surface area (Å²) in [4.78, 5) is 11.9. The van der Waals surface area contributed by atoms with E-state index in [1.54, 1.807) is 0 Å². The van der Waals surface area contributed by atoms with Gasteiger partial charge in [-0.25, -0.2) is 4.39 Å². The molecular weight excluding hydrogens is 275 g/mol. The molecule has 0 heterocycles. The van der Waals surface area contributed by atoms with Gasteiger partial charge in [-0.3, -0.25) is 4.79 Å². The van der Waals surface area contributed by atoms with Crippen molar-refractivity contribution in [1.29, 1.82) is 0 Å². The van der Waals surface area contributed by atoms with Crippen molar-refractivity contribution in [3.05, 3.63) is 24.0 Å². The number of methoxy groups -OCH3 is 1.